The van der Waals surface area contributed by atoms with E-state index in [4.69, 9.17) is 4.74 Å². The monoisotopic (exact) mass is 349 g/mol. The fraction of sp³-hybridized carbons (Fsp3) is 0.278. The number of rotatable bonds is 6. The zero-order chi connectivity index (χ0) is 17.8. The Balaban J connectivity index is 1.29. The van der Waals surface area contributed by atoms with Gasteiger partial charge in [-0.1, -0.05) is 0 Å². The molecule has 4 rings (SSSR count). The van der Waals surface area contributed by atoms with Crippen molar-refractivity contribution < 1.29 is 4.74 Å². The normalized spacial score (nSPS) is 14.0. The molecule has 0 amide bonds. The van der Waals surface area contributed by atoms with Crippen molar-refractivity contribution in [2.24, 2.45) is 5.92 Å². The lowest BCUT2D eigenvalue weighted by Gasteiger charge is -2.39. The summed E-state index contributed by atoms with van der Waals surface area (Å²) in [5.74, 6) is 2.56. The fourth-order valence-corrected chi connectivity index (χ4v) is 2.83. The lowest BCUT2D eigenvalue weighted by Crippen LogP contribution is -2.50. The maximum Gasteiger partial charge on any atom is 0.225 e. The molecular formula is C18H19N7O. The van der Waals surface area contributed by atoms with Crippen LogP contribution in [0.1, 0.15) is 0 Å². The van der Waals surface area contributed by atoms with Crippen LogP contribution in [0, 0.1) is 5.92 Å². The molecule has 132 valence electrons. The molecular weight excluding hydrogens is 330 g/mol. The van der Waals surface area contributed by atoms with Crippen molar-refractivity contribution in [2.75, 3.05) is 37.0 Å². The molecule has 8 nitrogen and oxygen atoms in total. The molecule has 3 aromatic heterocycles. The minimum absolute atomic E-state index is 0.520. The van der Waals surface area contributed by atoms with Crippen LogP contribution in [0.5, 0.6) is 5.88 Å². The van der Waals surface area contributed by atoms with Crippen molar-refractivity contribution in [1.29, 1.82) is 0 Å². The van der Waals surface area contributed by atoms with E-state index in [1.165, 1.54) is 0 Å². The van der Waals surface area contributed by atoms with E-state index in [1.54, 1.807) is 31.8 Å². The van der Waals surface area contributed by atoms with E-state index in [-0.39, 0.29) is 0 Å². The predicted molar refractivity (Wildman–Crippen MR) is 98.0 cm³/mol. The predicted octanol–water partition coefficient (Wildman–Crippen LogP) is 1.89. The van der Waals surface area contributed by atoms with Gasteiger partial charge in [-0.3, -0.25) is 4.98 Å². The summed E-state index contributed by atoms with van der Waals surface area (Å²) in [5.41, 5.74) is 1.87. The molecule has 8 heteroatoms. The first-order chi connectivity index (χ1) is 12.8. The maximum atomic E-state index is 5.10. The molecule has 0 saturated carbocycles. The number of methoxy groups -OCH3 is 1. The number of anilines is 2. The molecule has 1 aliphatic heterocycles. The van der Waals surface area contributed by atoms with Crippen molar-refractivity contribution in [3.63, 3.8) is 0 Å². The number of ether oxygens (including phenoxy) is 1. The van der Waals surface area contributed by atoms with Crippen LogP contribution >= 0.6 is 0 Å². The molecule has 0 aromatic carbocycles. The Hall–Kier alpha value is -3.29. The van der Waals surface area contributed by atoms with Crippen molar-refractivity contribution >= 4 is 11.8 Å². The number of pyridine rings is 1. The molecule has 1 aliphatic rings. The van der Waals surface area contributed by atoms with Gasteiger partial charge < -0.3 is 15.0 Å². The average Bonchev–Trinajstić information content (AvgIpc) is 2.68. The number of nitrogens with one attached hydrogen (secondary N) is 1. The number of hydrogen-bond acceptors (Lipinski definition) is 8. The molecule has 0 spiro atoms. The second kappa shape index (κ2) is 7.30. The van der Waals surface area contributed by atoms with Crippen LogP contribution < -0.4 is 15.0 Å². The Morgan fingerprint density at radius 1 is 1.08 bits per heavy atom. The van der Waals surface area contributed by atoms with Crippen LogP contribution in [-0.4, -0.2) is 51.9 Å². The highest BCUT2D eigenvalue weighted by molar-refractivity contribution is 5.59. The fourth-order valence-electron chi connectivity index (χ4n) is 2.83. The lowest BCUT2D eigenvalue weighted by molar-refractivity contribution is 0.396. The molecule has 1 saturated heterocycles. The Labute approximate surface area is 151 Å². The Kier molecular flexibility index (Phi) is 4.55. The Morgan fingerprint density at radius 3 is 2.65 bits per heavy atom. The first-order valence-corrected chi connectivity index (χ1v) is 8.42. The second-order valence-electron chi connectivity index (χ2n) is 6.09. The molecule has 4 heterocycles. The van der Waals surface area contributed by atoms with E-state index in [0.717, 1.165) is 36.7 Å². The van der Waals surface area contributed by atoms with Gasteiger partial charge in [-0.2, -0.15) is 4.98 Å². The summed E-state index contributed by atoms with van der Waals surface area (Å²) in [7, 11) is 1.59. The first kappa shape index (κ1) is 16.2. The summed E-state index contributed by atoms with van der Waals surface area (Å²) in [4.78, 5) is 14.7. The minimum atomic E-state index is 0.520. The molecule has 26 heavy (non-hydrogen) atoms. The van der Waals surface area contributed by atoms with Crippen LogP contribution in [0.4, 0.5) is 11.8 Å². The lowest BCUT2D eigenvalue weighted by atomic mass is 10.0. The van der Waals surface area contributed by atoms with E-state index in [9.17, 15) is 0 Å². The Bertz CT molecular complexity index is 851. The summed E-state index contributed by atoms with van der Waals surface area (Å²) < 4.78 is 5.10. The van der Waals surface area contributed by atoms with Crippen molar-refractivity contribution in [2.45, 2.75) is 0 Å². The molecule has 1 N–H and O–H groups in total. The van der Waals surface area contributed by atoms with E-state index in [1.807, 2.05) is 24.3 Å². The highest BCUT2D eigenvalue weighted by Gasteiger charge is 2.28. The Morgan fingerprint density at radius 2 is 1.92 bits per heavy atom. The van der Waals surface area contributed by atoms with Crippen LogP contribution in [-0.2, 0) is 0 Å². The molecule has 0 atom stereocenters. The molecule has 0 unspecified atom stereocenters. The van der Waals surface area contributed by atoms with Crippen LogP contribution in [0.2, 0.25) is 0 Å². The average molecular weight is 349 g/mol. The van der Waals surface area contributed by atoms with Gasteiger partial charge >= 0.3 is 0 Å². The quantitative estimate of drug-likeness (QED) is 0.722. The maximum absolute atomic E-state index is 5.10. The summed E-state index contributed by atoms with van der Waals surface area (Å²) in [6.07, 6.45) is 5.19. The van der Waals surface area contributed by atoms with Gasteiger partial charge in [0.15, 0.2) is 5.82 Å². The summed E-state index contributed by atoms with van der Waals surface area (Å²) in [6.45, 7) is 2.67. The van der Waals surface area contributed by atoms with Gasteiger partial charge in [-0.05, 0) is 24.3 Å². The standard InChI is InChI=1S/C18H19N7O/c1-26-17-6-9-20-18(22-17)21-10-13-11-25(12-13)16-3-2-15(23-24-16)14-4-7-19-8-5-14/h2-9,13H,10-12H2,1H3,(H,20,21,22). The van der Waals surface area contributed by atoms with E-state index >= 15 is 0 Å². The first-order valence-electron chi connectivity index (χ1n) is 8.42. The zero-order valence-corrected chi connectivity index (χ0v) is 14.4. The molecule has 3 aromatic rings. The summed E-state index contributed by atoms with van der Waals surface area (Å²) >= 11 is 0. The summed E-state index contributed by atoms with van der Waals surface area (Å²) in [5, 5.41) is 11.9. The van der Waals surface area contributed by atoms with Crippen molar-refractivity contribution in [1.82, 2.24) is 25.1 Å². The molecule has 1 fully saturated rings. The van der Waals surface area contributed by atoms with Gasteiger partial charge in [0.05, 0.1) is 12.8 Å². The molecule has 0 radical (unpaired) electrons. The van der Waals surface area contributed by atoms with Crippen LogP contribution in [0.25, 0.3) is 11.3 Å². The van der Waals surface area contributed by atoms with Crippen LogP contribution in [0.15, 0.2) is 48.9 Å². The van der Waals surface area contributed by atoms with Gasteiger partial charge in [-0.25, -0.2) is 4.98 Å². The van der Waals surface area contributed by atoms with Gasteiger partial charge in [-0.15, -0.1) is 10.2 Å². The summed E-state index contributed by atoms with van der Waals surface area (Å²) in [6, 6.07) is 9.58. The van der Waals surface area contributed by atoms with E-state index in [0.29, 0.717) is 17.7 Å². The third-order valence-corrected chi connectivity index (χ3v) is 4.30. The van der Waals surface area contributed by atoms with E-state index in [2.05, 4.69) is 35.4 Å². The van der Waals surface area contributed by atoms with Crippen molar-refractivity contribution in [3.8, 4) is 17.1 Å². The van der Waals surface area contributed by atoms with E-state index < -0.39 is 0 Å². The number of nitrogens with zero attached hydrogens (tertiary/aromatic N) is 6. The van der Waals surface area contributed by atoms with Gasteiger partial charge in [0.1, 0.15) is 0 Å². The smallest absolute Gasteiger partial charge is 0.225 e. The topological polar surface area (TPSA) is 89.0 Å². The number of aromatic nitrogens is 5. The van der Waals surface area contributed by atoms with Gasteiger partial charge in [0, 0.05) is 55.8 Å². The highest BCUT2D eigenvalue weighted by atomic mass is 16.5. The van der Waals surface area contributed by atoms with Gasteiger partial charge in [0.25, 0.3) is 0 Å². The highest BCUT2D eigenvalue weighted by Crippen LogP contribution is 2.24. The molecule has 0 aliphatic carbocycles. The minimum Gasteiger partial charge on any atom is -0.481 e. The third kappa shape index (κ3) is 3.53. The van der Waals surface area contributed by atoms with Gasteiger partial charge in [0.2, 0.25) is 11.8 Å². The number of hydrogen-bond donors (Lipinski definition) is 1. The zero-order valence-electron chi connectivity index (χ0n) is 14.4. The SMILES string of the molecule is COc1ccnc(NCC2CN(c3ccc(-c4ccncc4)nn3)C2)n1. The van der Waals surface area contributed by atoms with Crippen LogP contribution in [0.3, 0.4) is 0 Å². The largest absolute Gasteiger partial charge is 0.481 e. The third-order valence-electron chi connectivity index (χ3n) is 4.30. The molecule has 0 bridgehead atoms. The van der Waals surface area contributed by atoms with Crippen molar-refractivity contribution in [3.05, 3.63) is 48.9 Å². The second-order valence-corrected chi connectivity index (χ2v) is 6.09.